The van der Waals surface area contributed by atoms with Crippen molar-refractivity contribution in [3.63, 3.8) is 0 Å². The highest BCUT2D eigenvalue weighted by Crippen LogP contribution is 2.35. The molecule has 0 saturated carbocycles. The van der Waals surface area contributed by atoms with Crippen LogP contribution in [-0.4, -0.2) is 15.2 Å². The van der Waals surface area contributed by atoms with Crippen LogP contribution in [0, 0.1) is 11.6 Å². The van der Waals surface area contributed by atoms with Crippen molar-refractivity contribution in [3.8, 4) is 0 Å². The van der Waals surface area contributed by atoms with Crippen molar-refractivity contribution in [2.24, 2.45) is 0 Å². The lowest BCUT2D eigenvalue weighted by atomic mass is 10.1. The smallest absolute Gasteiger partial charge is 0.334 e. The summed E-state index contributed by atoms with van der Waals surface area (Å²) in [5.74, 6) is -2.10. The van der Waals surface area contributed by atoms with Gasteiger partial charge in [0.1, 0.15) is 17.3 Å². The van der Waals surface area contributed by atoms with E-state index in [1.54, 1.807) is 0 Å². The molecule has 0 aliphatic rings. The summed E-state index contributed by atoms with van der Waals surface area (Å²) < 4.78 is 66.4. The largest absolute Gasteiger partial charge is 0.418 e. The molecule has 3 aromatic rings. The number of nitrogens with one attached hydrogen (secondary N) is 2. The molecular weight excluding hydrogens is 357 g/mol. The van der Waals surface area contributed by atoms with E-state index < -0.39 is 29.1 Å². The third-order valence-corrected chi connectivity index (χ3v) is 3.25. The SMILES string of the molecule is Fc1cccc(F)c1Nc1cnnc(Nc2ccccc2C(F)(F)F)n1. The number of hydrogen-bond acceptors (Lipinski definition) is 5. The number of nitrogens with zero attached hydrogens (tertiary/aromatic N) is 3. The first-order chi connectivity index (χ1) is 12.3. The van der Waals surface area contributed by atoms with E-state index in [1.165, 1.54) is 24.3 Å². The van der Waals surface area contributed by atoms with E-state index in [4.69, 9.17) is 0 Å². The summed E-state index contributed by atoms with van der Waals surface area (Å²) >= 11 is 0. The van der Waals surface area contributed by atoms with E-state index in [9.17, 15) is 22.0 Å². The third-order valence-electron chi connectivity index (χ3n) is 3.25. The van der Waals surface area contributed by atoms with Crippen LogP contribution in [0.15, 0.2) is 48.7 Å². The van der Waals surface area contributed by atoms with Gasteiger partial charge in [0, 0.05) is 0 Å². The first-order valence-electron chi connectivity index (χ1n) is 7.18. The van der Waals surface area contributed by atoms with Crippen LogP contribution in [-0.2, 0) is 6.18 Å². The minimum absolute atomic E-state index is 0.101. The summed E-state index contributed by atoms with van der Waals surface area (Å²) in [4.78, 5) is 3.87. The van der Waals surface area contributed by atoms with Gasteiger partial charge in [-0.05, 0) is 24.3 Å². The number of alkyl halides is 3. The fraction of sp³-hybridized carbons (Fsp3) is 0.0625. The maximum absolute atomic E-state index is 13.7. The Morgan fingerprint density at radius 1 is 0.846 bits per heavy atom. The maximum Gasteiger partial charge on any atom is 0.418 e. The summed E-state index contributed by atoms with van der Waals surface area (Å²) in [6.45, 7) is 0. The second kappa shape index (κ2) is 6.90. The third kappa shape index (κ3) is 3.85. The molecule has 0 bridgehead atoms. The predicted molar refractivity (Wildman–Crippen MR) is 84.2 cm³/mol. The van der Waals surface area contributed by atoms with Crippen molar-refractivity contribution < 1.29 is 22.0 Å². The molecule has 0 aliphatic heterocycles. The monoisotopic (exact) mass is 367 g/mol. The standard InChI is InChI=1S/C16H10F5N5/c17-10-5-3-6-11(18)14(10)24-13-8-22-26-15(25-13)23-12-7-2-1-4-9(12)16(19,20)21/h1-8H,(H2,23,24,25,26). The number of halogens is 5. The van der Waals surface area contributed by atoms with Crippen molar-refractivity contribution in [3.05, 3.63) is 65.9 Å². The zero-order chi connectivity index (χ0) is 18.7. The first kappa shape index (κ1) is 17.5. The van der Waals surface area contributed by atoms with Gasteiger partial charge in [0.25, 0.3) is 0 Å². The average molecular weight is 367 g/mol. The predicted octanol–water partition coefficient (Wildman–Crippen LogP) is 4.66. The van der Waals surface area contributed by atoms with E-state index >= 15 is 0 Å². The van der Waals surface area contributed by atoms with Gasteiger partial charge >= 0.3 is 6.18 Å². The Kier molecular flexibility index (Phi) is 4.65. The van der Waals surface area contributed by atoms with Crippen LogP contribution in [0.5, 0.6) is 0 Å². The summed E-state index contributed by atoms with van der Waals surface area (Å²) in [6.07, 6.45) is -3.50. The molecule has 0 radical (unpaired) electrons. The number of hydrogen-bond donors (Lipinski definition) is 2. The van der Waals surface area contributed by atoms with Gasteiger partial charge in [0.05, 0.1) is 17.4 Å². The molecule has 1 aromatic heterocycles. The van der Waals surface area contributed by atoms with E-state index in [1.807, 2.05) is 0 Å². The summed E-state index contributed by atoms with van der Waals surface area (Å²) in [6, 6.07) is 8.01. The second-order valence-electron chi connectivity index (χ2n) is 5.06. The fourth-order valence-corrected chi connectivity index (χ4v) is 2.12. The molecule has 3 rings (SSSR count). The van der Waals surface area contributed by atoms with E-state index in [0.717, 1.165) is 24.4 Å². The van der Waals surface area contributed by atoms with Crippen LogP contribution in [0.3, 0.4) is 0 Å². The lowest BCUT2D eigenvalue weighted by molar-refractivity contribution is -0.136. The molecule has 2 aromatic carbocycles. The topological polar surface area (TPSA) is 62.7 Å². The quantitative estimate of drug-likeness (QED) is 0.657. The van der Waals surface area contributed by atoms with Crippen molar-refractivity contribution in [2.75, 3.05) is 10.6 Å². The molecule has 0 unspecified atom stereocenters. The Balaban J connectivity index is 1.87. The molecule has 1 heterocycles. The number of rotatable bonds is 4. The minimum Gasteiger partial charge on any atom is -0.334 e. The van der Waals surface area contributed by atoms with Gasteiger partial charge in [-0.1, -0.05) is 18.2 Å². The Bertz CT molecular complexity index is 909. The Hall–Kier alpha value is -3.30. The van der Waals surface area contributed by atoms with Crippen LogP contribution in [0.25, 0.3) is 0 Å². The molecule has 5 nitrogen and oxygen atoms in total. The molecular formula is C16H10F5N5. The van der Waals surface area contributed by atoms with E-state index in [0.29, 0.717) is 0 Å². The average Bonchev–Trinajstić information content (AvgIpc) is 2.58. The van der Waals surface area contributed by atoms with Crippen LogP contribution in [0.4, 0.5) is 45.1 Å². The lowest BCUT2D eigenvalue weighted by Crippen LogP contribution is -2.10. The molecule has 0 fully saturated rings. The summed E-state index contributed by atoms with van der Waals surface area (Å²) in [7, 11) is 0. The van der Waals surface area contributed by atoms with Crippen LogP contribution < -0.4 is 10.6 Å². The maximum atomic E-state index is 13.7. The van der Waals surface area contributed by atoms with Gasteiger partial charge in [-0.15, -0.1) is 5.10 Å². The molecule has 134 valence electrons. The van der Waals surface area contributed by atoms with Gasteiger partial charge in [0.15, 0.2) is 5.82 Å². The second-order valence-corrected chi connectivity index (χ2v) is 5.06. The molecule has 10 heteroatoms. The molecule has 0 spiro atoms. The van der Waals surface area contributed by atoms with Gasteiger partial charge in [-0.3, -0.25) is 0 Å². The van der Waals surface area contributed by atoms with Crippen molar-refractivity contribution in [1.29, 1.82) is 0 Å². The van der Waals surface area contributed by atoms with Crippen LogP contribution in [0.1, 0.15) is 5.56 Å². The Morgan fingerprint density at radius 3 is 2.23 bits per heavy atom. The highest BCUT2D eigenvalue weighted by Gasteiger charge is 2.33. The number of para-hydroxylation sites is 2. The molecule has 0 amide bonds. The van der Waals surface area contributed by atoms with E-state index in [-0.39, 0.29) is 17.5 Å². The van der Waals surface area contributed by atoms with Crippen LogP contribution >= 0.6 is 0 Å². The highest BCUT2D eigenvalue weighted by atomic mass is 19.4. The van der Waals surface area contributed by atoms with Crippen molar-refractivity contribution >= 4 is 23.1 Å². The minimum atomic E-state index is -4.58. The normalized spacial score (nSPS) is 11.3. The van der Waals surface area contributed by atoms with Gasteiger partial charge in [-0.2, -0.15) is 23.3 Å². The molecule has 0 atom stereocenters. The van der Waals surface area contributed by atoms with Gasteiger partial charge in [-0.25, -0.2) is 8.78 Å². The molecule has 0 saturated heterocycles. The first-order valence-corrected chi connectivity index (χ1v) is 7.18. The zero-order valence-corrected chi connectivity index (χ0v) is 12.9. The summed E-state index contributed by atoms with van der Waals surface area (Å²) in [5, 5.41) is 11.9. The van der Waals surface area contributed by atoms with Crippen LogP contribution in [0.2, 0.25) is 0 Å². The highest BCUT2D eigenvalue weighted by molar-refractivity contribution is 5.62. The van der Waals surface area contributed by atoms with Crippen molar-refractivity contribution in [2.45, 2.75) is 6.18 Å². The number of aromatic nitrogens is 3. The Morgan fingerprint density at radius 2 is 1.54 bits per heavy atom. The molecule has 2 N–H and O–H groups in total. The summed E-state index contributed by atoms with van der Waals surface area (Å²) in [5.41, 5.74) is -1.66. The van der Waals surface area contributed by atoms with Gasteiger partial charge < -0.3 is 10.6 Å². The number of anilines is 4. The Labute approximate surface area is 143 Å². The lowest BCUT2D eigenvalue weighted by Gasteiger charge is -2.13. The fourth-order valence-electron chi connectivity index (χ4n) is 2.12. The molecule has 0 aliphatic carbocycles. The van der Waals surface area contributed by atoms with Gasteiger partial charge in [0.2, 0.25) is 5.95 Å². The van der Waals surface area contributed by atoms with Crippen molar-refractivity contribution in [1.82, 2.24) is 15.2 Å². The van der Waals surface area contributed by atoms with E-state index in [2.05, 4.69) is 25.8 Å². The molecule has 26 heavy (non-hydrogen) atoms. The zero-order valence-electron chi connectivity index (χ0n) is 12.9. The number of benzene rings is 2.